The number of aromatic amines is 1. The molecule has 5 heteroatoms. The number of ether oxygens (including phenoxy) is 1. The van der Waals surface area contributed by atoms with Crippen molar-refractivity contribution >= 4 is 16.9 Å². The summed E-state index contributed by atoms with van der Waals surface area (Å²) in [5.41, 5.74) is 0.594. The van der Waals surface area contributed by atoms with Crippen LogP contribution in [0, 0.1) is 0 Å². The van der Waals surface area contributed by atoms with Crippen LogP contribution in [-0.2, 0) is 4.74 Å². The summed E-state index contributed by atoms with van der Waals surface area (Å²) < 4.78 is 5.92. The topological polar surface area (TPSA) is 67.0 Å². The van der Waals surface area contributed by atoms with Crippen LogP contribution in [0.4, 0.5) is 5.95 Å². The Labute approximate surface area is 130 Å². The fraction of sp³-hybridized carbons (Fsp3) is 0.529. The monoisotopic (exact) mass is 301 g/mol. The van der Waals surface area contributed by atoms with E-state index < -0.39 is 0 Å². The van der Waals surface area contributed by atoms with Gasteiger partial charge in [-0.25, -0.2) is 4.98 Å². The van der Waals surface area contributed by atoms with Crippen molar-refractivity contribution in [2.45, 2.75) is 44.6 Å². The van der Waals surface area contributed by atoms with Gasteiger partial charge in [0.25, 0.3) is 5.56 Å². The standard InChI is InChI=1S/C17H23N3O2/c21-16-14-9-5-6-10-15(14)19-17(20-16)18-11-12-22-13-7-3-1-2-4-8-13/h5-6,9-10,13H,1-4,7-8,11-12H2,(H2,18,19,20,21). The van der Waals surface area contributed by atoms with E-state index in [1.54, 1.807) is 6.07 Å². The lowest BCUT2D eigenvalue weighted by Gasteiger charge is -2.15. The Hall–Kier alpha value is -1.88. The molecule has 0 atom stereocenters. The van der Waals surface area contributed by atoms with E-state index >= 15 is 0 Å². The molecule has 118 valence electrons. The first kappa shape index (κ1) is 15.0. The van der Waals surface area contributed by atoms with E-state index in [1.807, 2.05) is 18.2 Å². The molecule has 5 nitrogen and oxygen atoms in total. The molecular weight excluding hydrogens is 278 g/mol. The van der Waals surface area contributed by atoms with Gasteiger partial charge in [0.2, 0.25) is 5.95 Å². The molecule has 1 aromatic carbocycles. The SMILES string of the molecule is O=c1[nH]c(NCCOC2CCCCCC2)nc2ccccc12. The number of fused-ring (bicyclic) bond motifs is 1. The van der Waals surface area contributed by atoms with Gasteiger partial charge in [-0.15, -0.1) is 0 Å². The normalized spacial score (nSPS) is 16.5. The summed E-state index contributed by atoms with van der Waals surface area (Å²) >= 11 is 0. The number of nitrogens with one attached hydrogen (secondary N) is 2. The van der Waals surface area contributed by atoms with E-state index in [1.165, 1.54) is 38.5 Å². The first-order chi connectivity index (χ1) is 10.8. The molecule has 2 aromatic rings. The van der Waals surface area contributed by atoms with Crippen LogP contribution in [0.1, 0.15) is 38.5 Å². The predicted molar refractivity (Wildman–Crippen MR) is 88.3 cm³/mol. The van der Waals surface area contributed by atoms with Crippen LogP contribution < -0.4 is 10.9 Å². The molecule has 1 aliphatic rings. The minimum Gasteiger partial charge on any atom is -0.376 e. The van der Waals surface area contributed by atoms with Gasteiger partial charge >= 0.3 is 0 Å². The molecule has 2 N–H and O–H groups in total. The van der Waals surface area contributed by atoms with E-state index in [-0.39, 0.29) is 5.56 Å². The molecule has 1 aromatic heterocycles. The molecule has 0 radical (unpaired) electrons. The van der Waals surface area contributed by atoms with Crippen LogP contribution in [0.5, 0.6) is 0 Å². The molecule has 1 heterocycles. The number of H-pyrrole nitrogens is 1. The van der Waals surface area contributed by atoms with E-state index in [2.05, 4.69) is 15.3 Å². The number of aromatic nitrogens is 2. The zero-order valence-electron chi connectivity index (χ0n) is 12.8. The maximum atomic E-state index is 12.0. The van der Waals surface area contributed by atoms with Crippen molar-refractivity contribution in [3.63, 3.8) is 0 Å². The summed E-state index contributed by atoms with van der Waals surface area (Å²) in [6.07, 6.45) is 7.96. The molecule has 0 amide bonds. The highest BCUT2D eigenvalue weighted by Crippen LogP contribution is 2.19. The summed E-state index contributed by atoms with van der Waals surface area (Å²) in [6.45, 7) is 1.29. The minimum atomic E-state index is -0.113. The van der Waals surface area contributed by atoms with Crippen molar-refractivity contribution in [3.8, 4) is 0 Å². The molecule has 3 rings (SSSR count). The third-order valence-corrected chi connectivity index (χ3v) is 4.16. The van der Waals surface area contributed by atoms with Crippen LogP contribution in [0.3, 0.4) is 0 Å². The van der Waals surface area contributed by atoms with E-state index in [0.717, 1.165) is 0 Å². The van der Waals surface area contributed by atoms with E-state index in [0.29, 0.717) is 36.1 Å². The molecule has 0 bridgehead atoms. The number of nitrogens with zero attached hydrogens (tertiary/aromatic N) is 1. The van der Waals surface area contributed by atoms with Gasteiger partial charge in [0.05, 0.1) is 23.6 Å². The van der Waals surface area contributed by atoms with Crippen LogP contribution in [-0.4, -0.2) is 29.2 Å². The van der Waals surface area contributed by atoms with Crippen molar-refractivity contribution < 1.29 is 4.74 Å². The third kappa shape index (κ3) is 3.85. The summed E-state index contributed by atoms with van der Waals surface area (Å²) in [5, 5.41) is 3.75. The predicted octanol–water partition coefficient (Wildman–Crippen LogP) is 3.07. The number of para-hydroxylation sites is 1. The third-order valence-electron chi connectivity index (χ3n) is 4.16. The maximum Gasteiger partial charge on any atom is 0.260 e. The number of hydrogen-bond donors (Lipinski definition) is 2. The number of anilines is 1. The summed E-state index contributed by atoms with van der Waals surface area (Å²) in [4.78, 5) is 19.1. The molecule has 1 saturated carbocycles. The van der Waals surface area contributed by atoms with Crippen LogP contribution in [0.2, 0.25) is 0 Å². The van der Waals surface area contributed by atoms with E-state index in [4.69, 9.17) is 4.74 Å². The highest BCUT2D eigenvalue weighted by Gasteiger charge is 2.12. The molecular formula is C17H23N3O2. The number of hydrogen-bond acceptors (Lipinski definition) is 4. The summed E-state index contributed by atoms with van der Waals surface area (Å²) in [6, 6.07) is 7.35. The fourth-order valence-corrected chi connectivity index (χ4v) is 2.97. The Bertz CT molecular complexity index is 660. The van der Waals surface area contributed by atoms with Crippen LogP contribution in [0.15, 0.2) is 29.1 Å². The maximum absolute atomic E-state index is 12.0. The van der Waals surface area contributed by atoms with Gasteiger partial charge in [-0.05, 0) is 25.0 Å². The lowest BCUT2D eigenvalue weighted by molar-refractivity contribution is 0.0501. The van der Waals surface area contributed by atoms with Gasteiger partial charge in [-0.2, -0.15) is 0 Å². The second-order valence-electron chi connectivity index (χ2n) is 5.84. The Kier molecular flexibility index (Phi) is 5.06. The first-order valence-electron chi connectivity index (χ1n) is 8.17. The highest BCUT2D eigenvalue weighted by atomic mass is 16.5. The average molecular weight is 301 g/mol. The summed E-state index contributed by atoms with van der Waals surface area (Å²) in [7, 11) is 0. The second kappa shape index (κ2) is 7.40. The molecule has 0 spiro atoms. The van der Waals surface area contributed by atoms with E-state index in [9.17, 15) is 4.79 Å². The second-order valence-corrected chi connectivity index (χ2v) is 5.84. The zero-order chi connectivity index (χ0) is 15.2. The van der Waals surface area contributed by atoms with Gasteiger partial charge < -0.3 is 10.1 Å². The Morgan fingerprint density at radius 1 is 1.18 bits per heavy atom. The molecule has 1 fully saturated rings. The van der Waals surface area contributed by atoms with Crippen molar-refractivity contribution in [2.24, 2.45) is 0 Å². The van der Waals surface area contributed by atoms with Gasteiger partial charge in [-0.1, -0.05) is 37.8 Å². The number of benzene rings is 1. The Morgan fingerprint density at radius 2 is 1.95 bits per heavy atom. The van der Waals surface area contributed by atoms with Gasteiger partial charge in [0.1, 0.15) is 0 Å². The molecule has 0 aliphatic heterocycles. The summed E-state index contributed by atoms with van der Waals surface area (Å²) in [5.74, 6) is 0.508. The van der Waals surface area contributed by atoms with Gasteiger partial charge in [0, 0.05) is 6.54 Å². The smallest absolute Gasteiger partial charge is 0.260 e. The fourth-order valence-electron chi connectivity index (χ4n) is 2.97. The van der Waals surface area contributed by atoms with Crippen molar-refractivity contribution in [1.82, 2.24) is 9.97 Å². The first-order valence-corrected chi connectivity index (χ1v) is 8.17. The van der Waals surface area contributed by atoms with Crippen molar-refractivity contribution in [3.05, 3.63) is 34.6 Å². The Balaban J connectivity index is 1.52. The van der Waals surface area contributed by atoms with Crippen LogP contribution in [0.25, 0.3) is 10.9 Å². The lowest BCUT2D eigenvalue weighted by Crippen LogP contribution is -2.20. The largest absolute Gasteiger partial charge is 0.376 e. The quantitative estimate of drug-likeness (QED) is 0.658. The van der Waals surface area contributed by atoms with Gasteiger partial charge in [0.15, 0.2) is 0 Å². The van der Waals surface area contributed by atoms with Crippen molar-refractivity contribution in [1.29, 1.82) is 0 Å². The Morgan fingerprint density at radius 3 is 2.77 bits per heavy atom. The van der Waals surface area contributed by atoms with Crippen molar-refractivity contribution in [2.75, 3.05) is 18.5 Å². The zero-order valence-corrected chi connectivity index (χ0v) is 12.8. The molecule has 22 heavy (non-hydrogen) atoms. The molecule has 0 saturated heterocycles. The highest BCUT2D eigenvalue weighted by molar-refractivity contribution is 5.78. The van der Waals surface area contributed by atoms with Crippen LogP contribution >= 0.6 is 0 Å². The minimum absolute atomic E-state index is 0.113. The number of rotatable bonds is 5. The molecule has 1 aliphatic carbocycles. The average Bonchev–Trinajstić information content (AvgIpc) is 2.80. The molecule has 0 unspecified atom stereocenters. The van der Waals surface area contributed by atoms with Gasteiger partial charge in [-0.3, -0.25) is 9.78 Å². The lowest BCUT2D eigenvalue weighted by atomic mass is 10.1.